The van der Waals surface area contributed by atoms with Gasteiger partial charge in [0.05, 0.1) is 6.54 Å². The molecule has 5 heteroatoms. The van der Waals surface area contributed by atoms with Crippen LogP contribution in [0.3, 0.4) is 0 Å². The average molecular weight is 361 g/mol. The first-order valence-corrected chi connectivity index (χ1v) is 7.71. The molecule has 0 fully saturated rings. The van der Waals surface area contributed by atoms with E-state index in [1.807, 2.05) is 41.3 Å². The summed E-state index contributed by atoms with van der Waals surface area (Å²) < 4.78 is 1.04. The molecule has 0 unspecified atom stereocenters. The second-order valence-corrected chi connectivity index (χ2v) is 6.09. The van der Waals surface area contributed by atoms with Crippen LogP contribution in [0.1, 0.15) is 11.1 Å². The van der Waals surface area contributed by atoms with E-state index in [0.29, 0.717) is 11.7 Å². The summed E-state index contributed by atoms with van der Waals surface area (Å²) >= 11 is 8.69. The Morgan fingerprint density at radius 1 is 1.10 bits per heavy atom. The van der Waals surface area contributed by atoms with E-state index >= 15 is 0 Å². The molecule has 2 aromatic rings. The van der Waals surface area contributed by atoms with Crippen LogP contribution in [0.4, 0.5) is 5.69 Å². The van der Waals surface area contributed by atoms with Gasteiger partial charge in [-0.15, -0.1) is 0 Å². The third-order valence-electron chi connectivity index (χ3n) is 3.29. The predicted molar refractivity (Wildman–Crippen MR) is 92.9 cm³/mol. The molecule has 0 N–H and O–H groups in total. The van der Waals surface area contributed by atoms with E-state index in [4.69, 9.17) is 17.1 Å². The highest BCUT2D eigenvalue weighted by Gasteiger charge is 2.22. The van der Waals surface area contributed by atoms with Crippen molar-refractivity contribution in [1.29, 1.82) is 0 Å². The van der Waals surface area contributed by atoms with E-state index in [-0.39, 0.29) is 0 Å². The van der Waals surface area contributed by atoms with Crippen molar-refractivity contribution >= 4 is 44.7 Å². The maximum absolute atomic E-state index is 5.31. The zero-order chi connectivity index (χ0) is 14.8. The van der Waals surface area contributed by atoms with E-state index in [1.54, 1.807) is 0 Å². The molecule has 0 radical (unpaired) electrons. The van der Waals surface area contributed by atoms with Gasteiger partial charge < -0.3 is 4.84 Å². The molecular weight excluding hydrogens is 348 g/mol. The van der Waals surface area contributed by atoms with Crippen LogP contribution in [0.25, 0.3) is 0 Å². The number of thiocarbonyl (C=S) groups is 1. The molecule has 0 spiro atoms. The van der Waals surface area contributed by atoms with Gasteiger partial charge in [-0.25, -0.2) is 0 Å². The lowest BCUT2D eigenvalue weighted by molar-refractivity contribution is 0.321. The molecule has 0 bridgehead atoms. The summed E-state index contributed by atoms with van der Waals surface area (Å²) in [5.41, 5.74) is 4.11. The van der Waals surface area contributed by atoms with Gasteiger partial charge in [0, 0.05) is 15.7 Å². The smallest absolute Gasteiger partial charge is 0.296 e. The molecule has 106 valence electrons. The first kappa shape index (κ1) is 14.2. The third-order valence-corrected chi connectivity index (χ3v) is 4.11. The fraction of sp³-hybridized carbons (Fsp3) is 0.125. The Balaban J connectivity index is 1.88. The molecule has 0 aromatic heterocycles. The van der Waals surface area contributed by atoms with Gasteiger partial charge in [-0.3, -0.25) is 4.90 Å². The summed E-state index contributed by atoms with van der Waals surface area (Å²) in [5, 5.41) is 4.50. The Hall–Kier alpha value is -1.72. The molecule has 0 saturated heterocycles. The minimum absolute atomic E-state index is 0.375. The van der Waals surface area contributed by atoms with Gasteiger partial charge in [0.1, 0.15) is 5.71 Å². The maximum Gasteiger partial charge on any atom is 0.296 e. The summed E-state index contributed by atoms with van der Waals surface area (Å²) in [6.45, 7) is 2.66. The number of rotatable bonds is 2. The van der Waals surface area contributed by atoms with Crippen LogP contribution in [0.15, 0.2) is 58.2 Å². The molecule has 0 saturated carbocycles. The minimum atomic E-state index is 0.375. The van der Waals surface area contributed by atoms with Crippen LogP contribution in [-0.4, -0.2) is 17.4 Å². The predicted octanol–water partition coefficient (Wildman–Crippen LogP) is 4.28. The largest absolute Gasteiger partial charge is 0.326 e. The number of anilines is 1. The summed E-state index contributed by atoms with van der Waals surface area (Å²) in [5.74, 6) is 0. The Morgan fingerprint density at radius 3 is 2.43 bits per heavy atom. The summed E-state index contributed by atoms with van der Waals surface area (Å²) in [4.78, 5) is 7.25. The first-order valence-electron chi connectivity index (χ1n) is 6.51. The molecule has 1 heterocycles. The maximum atomic E-state index is 5.31. The van der Waals surface area contributed by atoms with Crippen molar-refractivity contribution in [3.63, 3.8) is 0 Å². The molecular formula is C16H13BrN2OS. The zero-order valence-electron chi connectivity index (χ0n) is 11.4. The summed E-state index contributed by atoms with van der Waals surface area (Å²) in [6, 6.07) is 16.2. The van der Waals surface area contributed by atoms with E-state index < -0.39 is 0 Å². The topological polar surface area (TPSA) is 24.8 Å². The molecule has 3 rings (SSSR count). The molecule has 3 nitrogen and oxygen atoms in total. The number of halogens is 1. The lowest BCUT2D eigenvalue weighted by Crippen LogP contribution is -2.39. The van der Waals surface area contributed by atoms with Crippen LogP contribution in [0.2, 0.25) is 0 Å². The quantitative estimate of drug-likeness (QED) is 0.747. The fourth-order valence-corrected chi connectivity index (χ4v) is 2.57. The fourth-order valence-electron chi connectivity index (χ4n) is 2.09. The number of benzene rings is 2. The van der Waals surface area contributed by atoms with Gasteiger partial charge in [-0.1, -0.05) is 50.9 Å². The highest BCUT2D eigenvalue weighted by atomic mass is 79.9. The standard InChI is InChI=1S/C16H13BrN2OS/c1-11-2-8-14(9-3-11)19-10-15(18-20-16(19)21)12-4-6-13(17)7-5-12/h2-9H,10H2,1H3. The summed E-state index contributed by atoms with van der Waals surface area (Å²) in [7, 11) is 0. The first-order chi connectivity index (χ1) is 10.1. The molecule has 1 aliphatic rings. The van der Waals surface area contributed by atoms with Gasteiger partial charge in [-0.05, 0) is 43.4 Å². The Labute approximate surface area is 137 Å². The Kier molecular flexibility index (Phi) is 4.03. The average Bonchev–Trinajstić information content (AvgIpc) is 2.50. The van der Waals surface area contributed by atoms with Crippen molar-refractivity contribution in [2.45, 2.75) is 6.92 Å². The van der Waals surface area contributed by atoms with Crippen LogP contribution >= 0.6 is 28.1 Å². The lowest BCUT2D eigenvalue weighted by Gasteiger charge is -2.27. The van der Waals surface area contributed by atoms with Crippen molar-refractivity contribution in [3.05, 3.63) is 64.1 Å². The van der Waals surface area contributed by atoms with Crippen LogP contribution in [0.5, 0.6) is 0 Å². The minimum Gasteiger partial charge on any atom is -0.326 e. The Bertz CT molecular complexity index is 695. The Morgan fingerprint density at radius 2 is 1.76 bits per heavy atom. The normalized spacial score (nSPS) is 14.7. The van der Waals surface area contributed by atoms with Gasteiger partial charge in [-0.2, -0.15) is 0 Å². The molecule has 2 aromatic carbocycles. The second kappa shape index (κ2) is 5.95. The van der Waals surface area contributed by atoms with E-state index in [1.165, 1.54) is 5.56 Å². The van der Waals surface area contributed by atoms with Crippen molar-refractivity contribution < 1.29 is 4.84 Å². The SMILES string of the molecule is Cc1ccc(N2CC(c3ccc(Br)cc3)=NOC2=S)cc1. The van der Waals surface area contributed by atoms with Crippen molar-refractivity contribution in [2.75, 3.05) is 11.4 Å². The monoisotopic (exact) mass is 360 g/mol. The lowest BCUT2D eigenvalue weighted by atomic mass is 10.1. The number of nitrogens with zero attached hydrogens (tertiary/aromatic N) is 2. The summed E-state index contributed by atoms with van der Waals surface area (Å²) in [6.07, 6.45) is 0. The van der Waals surface area contributed by atoms with E-state index in [0.717, 1.165) is 21.4 Å². The van der Waals surface area contributed by atoms with Gasteiger partial charge in [0.2, 0.25) is 0 Å². The van der Waals surface area contributed by atoms with Gasteiger partial charge in [0.15, 0.2) is 0 Å². The van der Waals surface area contributed by atoms with Crippen LogP contribution < -0.4 is 4.90 Å². The van der Waals surface area contributed by atoms with Crippen molar-refractivity contribution in [3.8, 4) is 0 Å². The van der Waals surface area contributed by atoms with Gasteiger partial charge >= 0.3 is 0 Å². The van der Waals surface area contributed by atoms with E-state index in [9.17, 15) is 0 Å². The molecule has 0 atom stereocenters. The van der Waals surface area contributed by atoms with E-state index in [2.05, 4.69) is 40.1 Å². The molecule has 0 aliphatic carbocycles. The van der Waals surface area contributed by atoms with Gasteiger partial charge in [0.25, 0.3) is 5.17 Å². The number of oxime groups is 1. The molecule has 1 aliphatic heterocycles. The zero-order valence-corrected chi connectivity index (χ0v) is 13.8. The third kappa shape index (κ3) is 3.14. The highest BCUT2D eigenvalue weighted by Crippen LogP contribution is 2.21. The van der Waals surface area contributed by atoms with Crippen molar-refractivity contribution in [1.82, 2.24) is 0 Å². The van der Waals surface area contributed by atoms with Crippen molar-refractivity contribution in [2.24, 2.45) is 5.16 Å². The number of hydrogen-bond donors (Lipinski definition) is 0. The highest BCUT2D eigenvalue weighted by molar-refractivity contribution is 9.10. The number of hydrogen-bond acceptors (Lipinski definition) is 3. The molecule has 0 amide bonds. The van der Waals surface area contributed by atoms with Crippen LogP contribution in [0, 0.1) is 6.92 Å². The number of aryl methyl sites for hydroxylation is 1. The second-order valence-electron chi connectivity index (χ2n) is 4.82. The molecule has 21 heavy (non-hydrogen) atoms. The van der Waals surface area contributed by atoms with Crippen LogP contribution in [-0.2, 0) is 4.84 Å².